The van der Waals surface area contributed by atoms with Crippen molar-refractivity contribution in [1.82, 2.24) is 0 Å². The minimum atomic E-state index is -0.427. The molecule has 0 unspecified atom stereocenters. The maximum Gasteiger partial charge on any atom is 0.141 e. The molecule has 2 rings (SSSR count). The van der Waals surface area contributed by atoms with Crippen LogP contribution < -0.4 is 4.74 Å². The predicted octanol–water partition coefficient (Wildman–Crippen LogP) is 3.95. The van der Waals surface area contributed by atoms with Gasteiger partial charge < -0.3 is 4.74 Å². The molecule has 2 aromatic carbocycles. The molecule has 16 heavy (non-hydrogen) atoms. The molecule has 81 valence electrons. The molecule has 0 aliphatic heterocycles. The maximum atomic E-state index is 13.0. The van der Waals surface area contributed by atoms with Crippen molar-refractivity contribution in [2.45, 2.75) is 0 Å². The van der Waals surface area contributed by atoms with Crippen LogP contribution in [-0.4, -0.2) is 7.11 Å². The number of rotatable bonds is 2. The number of para-hydroxylation sites is 1. The van der Waals surface area contributed by atoms with E-state index in [4.69, 9.17) is 16.3 Å². The zero-order valence-electron chi connectivity index (χ0n) is 8.63. The van der Waals surface area contributed by atoms with Gasteiger partial charge in [-0.25, -0.2) is 4.39 Å². The van der Waals surface area contributed by atoms with E-state index in [1.54, 1.807) is 25.3 Å². The van der Waals surface area contributed by atoms with E-state index in [0.717, 1.165) is 11.1 Å². The first-order valence-electron chi connectivity index (χ1n) is 4.72. The summed E-state index contributed by atoms with van der Waals surface area (Å²) in [4.78, 5) is 0. The third-order valence-electron chi connectivity index (χ3n) is 2.25. The number of halogens is 2. The lowest BCUT2D eigenvalue weighted by Gasteiger charge is -2.08. The number of ether oxygens (including phenoxy) is 1. The monoisotopic (exact) mass is 235 g/mol. The summed E-state index contributed by atoms with van der Waals surface area (Å²) in [7, 11) is 1.57. The van der Waals surface area contributed by atoms with Crippen LogP contribution in [0.1, 0.15) is 0 Å². The van der Waals surface area contributed by atoms with Crippen molar-refractivity contribution in [2.75, 3.05) is 7.11 Å². The third-order valence-corrected chi connectivity index (χ3v) is 2.54. The minimum absolute atomic E-state index is 0.100. The van der Waals surface area contributed by atoms with Gasteiger partial charge in [0.15, 0.2) is 0 Å². The van der Waals surface area contributed by atoms with E-state index in [1.165, 1.54) is 6.07 Å². The predicted molar refractivity (Wildman–Crippen MR) is 62.2 cm³/mol. The van der Waals surface area contributed by atoms with Crippen molar-refractivity contribution in [3.63, 3.8) is 0 Å². The summed E-state index contributed by atoms with van der Waals surface area (Å²) in [6.07, 6.45) is 0. The fourth-order valence-corrected chi connectivity index (χ4v) is 1.66. The molecule has 1 radical (unpaired) electrons. The van der Waals surface area contributed by atoms with E-state index in [1.807, 2.05) is 12.1 Å². The summed E-state index contributed by atoms with van der Waals surface area (Å²) < 4.78 is 18.2. The highest BCUT2D eigenvalue weighted by molar-refractivity contribution is 6.31. The molecular formula is C13H9ClFO. The maximum absolute atomic E-state index is 13.0. The fourth-order valence-electron chi connectivity index (χ4n) is 1.48. The first kappa shape index (κ1) is 11.0. The van der Waals surface area contributed by atoms with Gasteiger partial charge in [0.25, 0.3) is 0 Å². The van der Waals surface area contributed by atoms with Crippen LogP contribution in [0.5, 0.6) is 5.75 Å². The Labute approximate surface area is 98.4 Å². The molecule has 0 bridgehead atoms. The second kappa shape index (κ2) is 4.54. The smallest absolute Gasteiger partial charge is 0.141 e. The Bertz CT molecular complexity index is 511. The van der Waals surface area contributed by atoms with Crippen LogP contribution in [0.15, 0.2) is 36.4 Å². The van der Waals surface area contributed by atoms with Gasteiger partial charge in [0.05, 0.1) is 12.1 Å². The average Bonchev–Trinajstić information content (AvgIpc) is 2.32. The van der Waals surface area contributed by atoms with Crippen molar-refractivity contribution in [3.8, 4) is 16.9 Å². The van der Waals surface area contributed by atoms with E-state index in [-0.39, 0.29) is 5.02 Å². The van der Waals surface area contributed by atoms with Crippen LogP contribution in [0.4, 0.5) is 4.39 Å². The van der Waals surface area contributed by atoms with Crippen LogP contribution in [0.3, 0.4) is 0 Å². The van der Waals surface area contributed by atoms with Crippen molar-refractivity contribution in [3.05, 3.63) is 53.3 Å². The molecule has 0 aliphatic carbocycles. The summed E-state index contributed by atoms with van der Waals surface area (Å²) in [6, 6.07) is 13.0. The van der Waals surface area contributed by atoms with Crippen LogP contribution in [0.25, 0.3) is 11.1 Å². The van der Waals surface area contributed by atoms with Gasteiger partial charge in [-0.15, -0.1) is 0 Å². The lowest BCUT2D eigenvalue weighted by Crippen LogP contribution is -1.88. The van der Waals surface area contributed by atoms with Crippen molar-refractivity contribution >= 4 is 11.6 Å². The van der Waals surface area contributed by atoms with Gasteiger partial charge in [-0.3, -0.25) is 0 Å². The van der Waals surface area contributed by atoms with E-state index in [0.29, 0.717) is 5.75 Å². The molecule has 0 N–H and O–H groups in total. The largest absolute Gasteiger partial charge is 0.495 e. The van der Waals surface area contributed by atoms with Gasteiger partial charge in [-0.1, -0.05) is 35.9 Å². The number of hydrogen-bond donors (Lipinski definition) is 0. The Kier molecular flexibility index (Phi) is 3.11. The zero-order chi connectivity index (χ0) is 11.5. The summed E-state index contributed by atoms with van der Waals surface area (Å²) in [5, 5.41) is 0.100. The summed E-state index contributed by atoms with van der Waals surface area (Å²) >= 11 is 5.73. The molecule has 3 heteroatoms. The van der Waals surface area contributed by atoms with Crippen molar-refractivity contribution < 1.29 is 9.13 Å². The zero-order valence-corrected chi connectivity index (χ0v) is 9.38. The van der Waals surface area contributed by atoms with Crippen LogP contribution >= 0.6 is 11.6 Å². The van der Waals surface area contributed by atoms with Gasteiger partial charge in [0, 0.05) is 11.6 Å². The van der Waals surface area contributed by atoms with Crippen LogP contribution in [-0.2, 0) is 0 Å². The molecule has 0 fully saturated rings. The molecule has 0 amide bonds. The summed E-state index contributed by atoms with van der Waals surface area (Å²) in [5.74, 6) is 0.189. The molecule has 0 atom stereocenters. The molecule has 2 aromatic rings. The topological polar surface area (TPSA) is 9.23 Å². The number of benzene rings is 2. The van der Waals surface area contributed by atoms with Gasteiger partial charge in [-0.05, 0) is 17.7 Å². The standard InChI is InChI=1S/C13H9ClFO/c1-16-13-5-3-2-4-10(13)9-6-7-12(15)11(14)8-9/h2-4,6-8H,1H3. The Hall–Kier alpha value is -1.54. The Balaban J connectivity index is 2.54. The quantitative estimate of drug-likeness (QED) is 0.766. The van der Waals surface area contributed by atoms with Crippen molar-refractivity contribution in [2.24, 2.45) is 0 Å². The van der Waals surface area contributed by atoms with Crippen molar-refractivity contribution in [1.29, 1.82) is 0 Å². The SMILES string of the molecule is COc1[c]cccc1-c1ccc(F)c(Cl)c1. The van der Waals surface area contributed by atoms with E-state index in [9.17, 15) is 4.39 Å². The normalized spacial score (nSPS) is 10.2. The molecule has 0 aliphatic rings. The van der Waals surface area contributed by atoms with E-state index in [2.05, 4.69) is 6.07 Å². The number of hydrogen-bond acceptors (Lipinski definition) is 1. The summed E-state index contributed by atoms with van der Waals surface area (Å²) in [6.45, 7) is 0. The highest BCUT2D eigenvalue weighted by Crippen LogP contribution is 2.31. The highest BCUT2D eigenvalue weighted by atomic mass is 35.5. The molecule has 0 saturated heterocycles. The molecule has 1 nitrogen and oxygen atoms in total. The Morgan fingerprint density at radius 2 is 2.12 bits per heavy atom. The second-order valence-corrected chi connectivity index (χ2v) is 3.65. The molecule has 0 spiro atoms. The molecular weight excluding hydrogens is 227 g/mol. The number of methoxy groups -OCH3 is 1. The molecule has 0 saturated carbocycles. The third kappa shape index (κ3) is 2.02. The molecule has 0 aromatic heterocycles. The first-order valence-corrected chi connectivity index (χ1v) is 5.10. The Morgan fingerprint density at radius 1 is 1.31 bits per heavy atom. The minimum Gasteiger partial charge on any atom is -0.495 e. The average molecular weight is 236 g/mol. The summed E-state index contributed by atoms with van der Waals surface area (Å²) in [5.41, 5.74) is 1.65. The van der Waals surface area contributed by atoms with E-state index < -0.39 is 5.82 Å². The van der Waals surface area contributed by atoms with Gasteiger partial charge in [0.1, 0.15) is 11.6 Å². The van der Waals surface area contributed by atoms with Crippen LogP contribution in [0.2, 0.25) is 5.02 Å². The lowest BCUT2D eigenvalue weighted by atomic mass is 10.0. The van der Waals surface area contributed by atoms with Gasteiger partial charge >= 0.3 is 0 Å². The van der Waals surface area contributed by atoms with Gasteiger partial charge in [0.2, 0.25) is 0 Å². The fraction of sp³-hybridized carbons (Fsp3) is 0.0769. The molecule has 0 heterocycles. The first-order chi connectivity index (χ1) is 7.72. The highest BCUT2D eigenvalue weighted by Gasteiger charge is 2.07. The van der Waals surface area contributed by atoms with E-state index >= 15 is 0 Å². The lowest BCUT2D eigenvalue weighted by molar-refractivity contribution is 0.415. The second-order valence-electron chi connectivity index (χ2n) is 3.25. The Morgan fingerprint density at radius 3 is 2.81 bits per heavy atom. The van der Waals surface area contributed by atoms with Gasteiger partial charge in [-0.2, -0.15) is 0 Å². The van der Waals surface area contributed by atoms with Crippen LogP contribution in [0, 0.1) is 11.9 Å².